The molecule has 0 atom stereocenters. The molecule has 5 nitrogen and oxygen atoms in total. The predicted octanol–water partition coefficient (Wildman–Crippen LogP) is -0.0141. The first kappa shape index (κ1) is 14.4. The lowest BCUT2D eigenvalue weighted by Gasteiger charge is -2.31. The number of carbonyl (C=O) groups excluding carboxylic acids is 1. The van der Waals surface area contributed by atoms with Crippen LogP contribution in [0, 0.1) is 0 Å². The maximum absolute atomic E-state index is 11.3. The summed E-state index contributed by atoms with van der Waals surface area (Å²) in [6.07, 6.45) is 2.85. The van der Waals surface area contributed by atoms with E-state index in [1.807, 2.05) is 6.92 Å². The molecule has 0 spiro atoms. The minimum absolute atomic E-state index is 0.0946. The first-order valence-corrected chi connectivity index (χ1v) is 6.47. The molecular formula is C12H24N2O3. The lowest BCUT2D eigenvalue weighted by atomic mass is 10.1. The summed E-state index contributed by atoms with van der Waals surface area (Å²) in [7, 11) is 0. The van der Waals surface area contributed by atoms with Gasteiger partial charge in [0.1, 0.15) is 0 Å². The van der Waals surface area contributed by atoms with E-state index < -0.39 is 0 Å². The molecule has 0 unspecified atom stereocenters. The number of nitrogens with zero attached hydrogens (tertiary/aromatic N) is 1. The summed E-state index contributed by atoms with van der Waals surface area (Å²) in [4.78, 5) is 13.6. The van der Waals surface area contributed by atoms with E-state index in [0.717, 1.165) is 32.5 Å². The Morgan fingerprint density at radius 3 is 2.76 bits per heavy atom. The monoisotopic (exact) mass is 244 g/mol. The number of rotatable bonds is 7. The van der Waals surface area contributed by atoms with E-state index >= 15 is 0 Å². The quantitative estimate of drug-likeness (QED) is 0.661. The molecule has 1 saturated heterocycles. The molecule has 17 heavy (non-hydrogen) atoms. The summed E-state index contributed by atoms with van der Waals surface area (Å²) >= 11 is 0. The molecule has 0 aliphatic carbocycles. The Labute approximate surface area is 103 Å². The van der Waals surface area contributed by atoms with Crippen LogP contribution in [0.2, 0.25) is 0 Å². The maximum Gasteiger partial charge on any atom is 0.221 e. The number of ether oxygens (including phenoxy) is 1. The molecule has 1 fully saturated rings. The molecule has 1 rings (SSSR count). The van der Waals surface area contributed by atoms with Gasteiger partial charge < -0.3 is 20.1 Å². The molecule has 0 saturated carbocycles. The zero-order chi connectivity index (χ0) is 12.5. The third kappa shape index (κ3) is 6.00. The molecule has 1 aliphatic heterocycles. The van der Waals surface area contributed by atoms with E-state index in [-0.39, 0.29) is 18.6 Å². The smallest absolute Gasteiger partial charge is 0.221 e. The van der Waals surface area contributed by atoms with Crippen LogP contribution in [0.15, 0.2) is 0 Å². The Morgan fingerprint density at radius 2 is 2.18 bits per heavy atom. The molecule has 0 radical (unpaired) electrons. The van der Waals surface area contributed by atoms with Crippen molar-refractivity contribution < 1.29 is 14.6 Å². The summed E-state index contributed by atoms with van der Waals surface area (Å²) in [6.45, 7) is 5.96. The number of piperidine rings is 1. The fourth-order valence-electron chi connectivity index (χ4n) is 2.06. The SMILES string of the molecule is CCNC(=O)CCN1CCC(OCCO)CC1. The van der Waals surface area contributed by atoms with Gasteiger partial charge in [-0.25, -0.2) is 0 Å². The van der Waals surface area contributed by atoms with Crippen LogP contribution in [-0.2, 0) is 9.53 Å². The molecule has 0 aromatic carbocycles. The van der Waals surface area contributed by atoms with Crippen LogP contribution in [0.3, 0.4) is 0 Å². The molecule has 1 amide bonds. The van der Waals surface area contributed by atoms with Crippen LogP contribution in [0.1, 0.15) is 26.2 Å². The van der Waals surface area contributed by atoms with Crippen LogP contribution < -0.4 is 5.32 Å². The molecule has 100 valence electrons. The first-order valence-electron chi connectivity index (χ1n) is 6.47. The van der Waals surface area contributed by atoms with Gasteiger partial charge in [-0.3, -0.25) is 4.79 Å². The summed E-state index contributed by atoms with van der Waals surface area (Å²) in [5, 5.41) is 11.5. The van der Waals surface area contributed by atoms with E-state index in [1.54, 1.807) is 0 Å². The molecular weight excluding hydrogens is 220 g/mol. The van der Waals surface area contributed by atoms with E-state index in [0.29, 0.717) is 19.6 Å². The number of hydrogen-bond acceptors (Lipinski definition) is 4. The van der Waals surface area contributed by atoms with Gasteiger partial charge in [-0.2, -0.15) is 0 Å². The predicted molar refractivity (Wildman–Crippen MR) is 65.8 cm³/mol. The second-order valence-corrected chi connectivity index (χ2v) is 4.34. The third-order valence-corrected chi connectivity index (χ3v) is 3.01. The van der Waals surface area contributed by atoms with Crippen molar-refractivity contribution in [1.82, 2.24) is 10.2 Å². The highest BCUT2D eigenvalue weighted by Gasteiger charge is 2.19. The Hall–Kier alpha value is -0.650. The van der Waals surface area contributed by atoms with Crippen molar-refractivity contribution in [1.29, 1.82) is 0 Å². The lowest BCUT2D eigenvalue weighted by Crippen LogP contribution is -2.39. The largest absolute Gasteiger partial charge is 0.394 e. The lowest BCUT2D eigenvalue weighted by molar-refractivity contribution is -0.121. The number of amides is 1. The normalized spacial score (nSPS) is 18.2. The van der Waals surface area contributed by atoms with Crippen molar-refractivity contribution >= 4 is 5.91 Å². The summed E-state index contributed by atoms with van der Waals surface area (Å²) in [6, 6.07) is 0. The van der Waals surface area contributed by atoms with Crippen LogP contribution in [0.5, 0.6) is 0 Å². The number of hydrogen-bond donors (Lipinski definition) is 2. The van der Waals surface area contributed by atoms with E-state index in [4.69, 9.17) is 9.84 Å². The van der Waals surface area contributed by atoms with Gasteiger partial charge in [-0.15, -0.1) is 0 Å². The van der Waals surface area contributed by atoms with Crippen molar-refractivity contribution in [2.75, 3.05) is 39.4 Å². The van der Waals surface area contributed by atoms with Crippen molar-refractivity contribution in [3.8, 4) is 0 Å². The molecule has 1 aliphatic rings. The average Bonchev–Trinajstić information content (AvgIpc) is 2.35. The van der Waals surface area contributed by atoms with Gasteiger partial charge in [0.05, 0.1) is 19.3 Å². The second kappa shape index (κ2) is 8.44. The fraction of sp³-hybridized carbons (Fsp3) is 0.917. The molecule has 0 aromatic heterocycles. The Bertz CT molecular complexity index is 216. The molecule has 2 N–H and O–H groups in total. The topological polar surface area (TPSA) is 61.8 Å². The van der Waals surface area contributed by atoms with Crippen molar-refractivity contribution in [2.45, 2.75) is 32.3 Å². The number of nitrogens with one attached hydrogen (secondary N) is 1. The summed E-state index contributed by atoms with van der Waals surface area (Å²) in [5.74, 6) is 0.131. The molecule has 5 heteroatoms. The Balaban J connectivity index is 2.08. The minimum Gasteiger partial charge on any atom is -0.394 e. The van der Waals surface area contributed by atoms with Crippen LogP contribution >= 0.6 is 0 Å². The van der Waals surface area contributed by atoms with E-state index in [2.05, 4.69) is 10.2 Å². The van der Waals surface area contributed by atoms with Gasteiger partial charge in [-0.05, 0) is 19.8 Å². The highest BCUT2D eigenvalue weighted by molar-refractivity contribution is 5.75. The number of likely N-dealkylation sites (tertiary alicyclic amines) is 1. The van der Waals surface area contributed by atoms with Crippen molar-refractivity contribution in [2.24, 2.45) is 0 Å². The number of aliphatic hydroxyl groups is 1. The van der Waals surface area contributed by atoms with Gasteiger partial charge >= 0.3 is 0 Å². The van der Waals surface area contributed by atoms with Crippen LogP contribution in [0.25, 0.3) is 0 Å². The minimum atomic E-state index is 0.0946. The third-order valence-electron chi connectivity index (χ3n) is 3.01. The second-order valence-electron chi connectivity index (χ2n) is 4.34. The number of carbonyl (C=O) groups is 1. The summed E-state index contributed by atoms with van der Waals surface area (Å²) < 4.78 is 5.49. The Kier molecular flexibility index (Phi) is 7.16. The van der Waals surface area contributed by atoms with Crippen molar-refractivity contribution in [3.63, 3.8) is 0 Å². The zero-order valence-electron chi connectivity index (χ0n) is 10.7. The molecule has 1 heterocycles. The number of aliphatic hydroxyl groups excluding tert-OH is 1. The highest BCUT2D eigenvalue weighted by atomic mass is 16.5. The highest BCUT2D eigenvalue weighted by Crippen LogP contribution is 2.13. The van der Waals surface area contributed by atoms with Gasteiger partial charge in [0.25, 0.3) is 0 Å². The van der Waals surface area contributed by atoms with E-state index in [9.17, 15) is 4.79 Å². The molecule has 0 bridgehead atoms. The summed E-state index contributed by atoms with van der Waals surface area (Å²) in [5.41, 5.74) is 0. The standard InChI is InChI=1S/C12H24N2O3/c1-2-13-12(16)5-8-14-6-3-11(4-7-14)17-10-9-15/h11,15H,2-10H2,1H3,(H,13,16). The van der Waals surface area contributed by atoms with Crippen molar-refractivity contribution in [3.05, 3.63) is 0 Å². The average molecular weight is 244 g/mol. The fourth-order valence-corrected chi connectivity index (χ4v) is 2.06. The van der Waals surface area contributed by atoms with Crippen LogP contribution in [-0.4, -0.2) is 61.4 Å². The van der Waals surface area contributed by atoms with Gasteiger partial charge in [0.15, 0.2) is 0 Å². The van der Waals surface area contributed by atoms with Gasteiger partial charge in [0, 0.05) is 32.6 Å². The Morgan fingerprint density at radius 1 is 1.47 bits per heavy atom. The van der Waals surface area contributed by atoms with Gasteiger partial charge in [-0.1, -0.05) is 0 Å². The van der Waals surface area contributed by atoms with Crippen LogP contribution in [0.4, 0.5) is 0 Å². The first-order chi connectivity index (χ1) is 8.26. The molecule has 0 aromatic rings. The maximum atomic E-state index is 11.3. The zero-order valence-corrected chi connectivity index (χ0v) is 10.7. The van der Waals surface area contributed by atoms with E-state index in [1.165, 1.54) is 0 Å². The van der Waals surface area contributed by atoms with Gasteiger partial charge in [0.2, 0.25) is 5.91 Å².